The van der Waals surface area contributed by atoms with E-state index in [1.165, 1.54) is 12.8 Å². The molecular formula is C15H23NO. The van der Waals surface area contributed by atoms with E-state index in [2.05, 4.69) is 6.58 Å². The van der Waals surface area contributed by atoms with Crippen molar-refractivity contribution in [1.82, 2.24) is 0 Å². The molecule has 0 saturated heterocycles. The fraction of sp³-hybridized carbons (Fsp3) is 0.467. The summed E-state index contributed by atoms with van der Waals surface area (Å²) in [6.07, 6.45) is 6.53. The minimum atomic E-state index is 0.0203. The number of rotatable bonds is 8. The van der Waals surface area contributed by atoms with Gasteiger partial charge in [-0.05, 0) is 38.7 Å². The molecule has 1 aromatic rings. The molecule has 1 atom stereocenters. The number of hydrogen-bond acceptors (Lipinski definition) is 2. The van der Waals surface area contributed by atoms with Crippen molar-refractivity contribution in [2.75, 3.05) is 6.61 Å². The van der Waals surface area contributed by atoms with Gasteiger partial charge in [0, 0.05) is 11.6 Å². The number of benzene rings is 1. The second-order valence-corrected chi connectivity index (χ2v) is 4.31. The Balaban J connectivity index is 2.33. The van der Waals surface area contributed by atoms with Crippen molar-refractivity contribution in [3.8, 4) is 5.75 Å². The number of unbranched alkanes of at least 4 members (excludes halogenated alkanes) is 3. The lowest BCUT2D eigenvalue weighted by atomic mass is 10.1. The Bertz CT molecular complexity index is 333. The number of para-hydroxylation sites is 1. The fourth-order valence-corrected chi connectivity index (χ4v) is 1.74. The van der Waals surface area contributed by atoms with Gasteiger partial charge in [0.1, 0.15) is 5.75 Å². The Labute approximate surface area is 104 Å². The van der Waals surface area contributed by atoms with Crippen LogP contribution in [0.15, 0.2) is 36.9 Å². The molecule has 2 heteroatoms. The van der Waals surface area contributed by atoms with Gasteiger partial charge in [0.2, 0.25) is 0 Å². The third-order valence-electron chi connectivity index (χ3n) is 2.72. The van der Waals surface area contributed by atoms with Crippen molar-refractivity contribution in [3.05, 3.63) is 42.5 Å². The fourth-order valence-electron chi connectivity index (χ4n) is 1.74. The van der Waals surface area contributed by atoms with E-state index in [0.717, 1.165) is 30.8 Å². The highest BCUT2D eigenvalue weighted by atomic mass is 16.5. The summed E-state index contributed by atoms with van der Waals surface area (Å²) in [6, 6.07) is 8.02. The maximum atomic E-state index is 5.89. The summed E-state index contributed by atoms with van der Waals surface area (Å²) in [7, 11) is 0. The van der Waals surface area contributed by atoms with Crippen LogP contribution in [0.3, 0.4) is 0 Å². The molecule has 0 aliphatic carbocycles. The smallest absolute Gasteiger partial charge is 0.124 e. The molecule has 1 rings (SSSR count). The van der Waals surface area contributed by atoms with Gasteiger partial charge >= 0.3 is 0 Å². The highest BCUT2D eigenvalue weighted by molar-refractivity contribution is 5.35. The maximum absolute atomic E-state index is 5.89. The molecule has 0 aromatic heterocycles. The van der Waals surface area contributed by atoms with E-state index in [9.17, 15) is 0 Å². The molecule has 2 nitrogen and oxygen atoms in total. The van der Waals surface area contributed by atoms with E-state index in [0.29, 0.717) is 0 Å². The maximum Gasteiger partial charge on any atom is 0.124 e. The van der Waals surface area contributed by atoms with Crippen LogP contribution in [0.4, 0.5) is 0 Å². The minimum absolute atomic E-state index is 0.0203. The topological polar surface area (TPSA) is 35.2 Å². The summed E-state index contributed by atoms with van der Waals surface area (Å²) in [5.74, 6) is 0.922. The van der Waals surface area contributed by atoms with Crippen LogP contribution in [-0.2, 0) is 0 Å². The Hall–Kier alpha value is -1.28. The largest absolute Gasteiger partial charge is 0.493 e. The van der Waals surface area contributed by atoms with Crippen LogP contribution < -0.4 is 10.5 Å². The summed E-state index contributed by atoms with van der Waals surface area (Å²) in [5.41, 5.74) is 6.98. The zero-order valence-corrected chi connectivity index (χ0v) is 10.7. The van der Waals surface area contributed by atoms with Crippen molar-refractivity contribution in [2.24, 2.45) is 5.73 Å². The molecule has 0 spiro atoms. The zero-order valence-electron chi connectivity index (χ0n) is 10.7. The lowest BCUT2D eigenvalue weighted by Crippen LogP contribution is -2.08. The third kappa shape index (κ3) is 5.05. The van der Waals surface area contributed by atoms with Gasteiger partial charge in [-0.2, -0.15) is 0 Å². The first-order valence-corrected chi connectivity index (χ1v) is 6.34. The van der Waals surface area contributed by atoms with Crippen LogP contribution in [0.25, 0.3) is 0 Å². The van der Waals surface area contributed by atoms with Crippen LogP contribution in [0.2, 0.25) is 0 Å². The van der Waals surface area contributed by atoms with Crippen LogP contribution in [0, 0.1) is 0 Å². The summed E-state index contributed by atoms with van der Waals surface area (Å²) in [6.45, 7) is 6.46. The molecule has 0 aliphatic rings. The molecular weight excluding hydrogens is 210 g/mol. The standard InChI is InChI=1S/C15H23NO/c1-3-4-5-6-9-12-17-15-11-8-7-10-14(15)13(2)16/h3,7-8,10-11,13H,1,4-6,9,12,16H2,2H3. The Morgan fingerprint density at radius 2 is 2.06 bits per heavy atom. The van der Waals surface area contributed by atoms with Crippen LogP contribution >= 0.6 is 0 Å². The molecule has 0 amide bonds. The van der Waals surface area contributed by atoms with Crippen molar-refractivity contribution >= 4 is 0 Å². The molecule has 0 fully saturated rings. The minimum Gasteiger partial charge on any atom is -0.493 e. The second-order valence-electron chi connectivity index (χ2n) is 4.31. The average molecular weight is 233 g/mol. The summed E-state index contributed by atoms with van der Waals surface area (Å²) in [5, 5.41) is 0. The van der Waals surface area contributed by atoms with Crippen molar-refractivity contribution in [1.29, 1.82) is 0 Å². The van der Waals surface area contributed by atoms with Gasteiger partial charge in [-0.25, -0.2) is 0 Å². The first-order valence-electron chi connectivity index (χ1n) is 6.34. The molecule has 1 unspecified atom stereocenters. The lowest BCUT2D eigenvalue weighted by Gasteiger charge is -2.13. The van der Waals surface area contributed by atoms with Gasteiger partial charge < -0.3 is 10.5 Å². The molecule has 17 heavy (non-hydrogen) atoms. The molecule has 0 saturated carbocycles. The monoisotopic (exact) mass is 233 g/mol. The van der Waals surface area contributed by atoms with E-state index in [1.54, 1.807) is 0 Å². The number of hydrogen-bond donors (Lipinski definition) is 1. The van der Waals surface area contributed by atoms with Gasteiger partial charge in [-0.1, -0.05) is 24.3 Å². The molecule has 0 bridgehead atoms. The SMILES string of the molecule is C=CCCCCCOc1ccccc1C(C)N. The van der Waals surface area contributed by atoms with E-state index in [-0.39, 0.29) is 6.04 Å². The first kappa shape index (κ1) is 13.8. The molecule has 0 aliphatic heterocycles. The highest BCUT2D eigenvalue weighted by Crippen LogP contribution is 2.23. The summed E-state index contributed by atoms with van der Waals surface area (Å²) >= 11 is 0. The van der Waals surface area contributed by atoms with E-state index < -0.39 is 0 Å². The van der Waals surface area contributed by atoms with Crippen LogP contribution in [0.1, 0.15) is 44.2 Å². The quantitative estimate of drug-likeness (QED) is 0.547. The number of ether oxygens (including phenoxy) is 1. The van der Waals surface area contributed by atoms with Crippen molar-refractivity contribution in [2.45, 2.75) is 38.6 Å². The summed E-state index contributed by atoms with van der Waals surface area (Å²) in [4.78, 5) is 0. The Kier molecular flexibility index (Phi) is 6.41. The molecule has 94 valence electrons. The second kappa shape index (κ2) is 7.91. The summed E-state index contributed by atoms with van der Waals surface area (Å²) < 4.78 is 5.77. The molecule has 1 aromatic carbocycles. The normalized spacial score (nSPS) is 12.1. The predicted octanol–water partition coefficient (Wildman–Crippen LogP) is 3.83. The van der Waals surface area contributed by atoms with Gasteiger partial charge in [0.15, 0.2) is 0 Å². The van der Waals surface area contributed by atoms with Crippen LogP contribution in [0.5, 0.6) is 5.75 Å². The van der Waals surface area contributed by atoms with E-state index in [4.69, 9.17) is 10.5 Å². The van der Waals surface area contributed by atoms with E-state index >= 15 is 0 Å². The van der Waals surface area contributed by atoms with Gasteiger partial charge in [0.05, 0.1) is 6.61 Å². The van der Waals surface area contributed by atoms with Crippen molar-refractivity contribution in [3.63, 3.8) is 0 Å². The molecule has 2 N–H and O–H groups in total. The first-order chi connectivity index (χ1) is 8.25. The molecule has 0 heterocycles. The van der Waals surface area contributed by atoms with Gasteiger partial charge in [-0.15, -0.1) is 6.58 Å². The van der Waals surface area contributed by atoms with Crippen LogP contribution in [-0.4, -0.2) is 6.61 Å². The van der Waals surface area contributed by atoms with Crippen molar-refractivity contribution < 1.29 is 4.74 Å². The number of nitrogens with two attached hydrogens (primary N) is 1. The number of allylic oxidation sites excluding steroid dienone is 1. The third-order valence-corrected chi connectivity index (χ3v) is 2.72. The Morgan fingerprint density at radius 3 is 2.76 bits per heavy atom. The lowest BCUT2D eigenvalue weighted by molar-refractivity contribution is 0.301. The average Bonchev–Trinajstić information content (AvgIpc) is 2.34. The van der Waals surface area contributed by atoms with Gasteiger partial charge in [0.25, 0.3) is 0 Å². The Morgan fingerprint density at radius 1 is 1.29 bits per heavy atom. The van der Waals surface area contributed by atoms with E-state index in [1.807, 2.05) is 37.3 Å². The molecule has 0 radical (unpaired) electrons. The van der Waals surface area contributed by atoms with Gasteiger partial charge in [-0.3, -0.25) is 0 Å². The highest BCUT2D eigenvalue weighted by Gasteiger charge is 2.06. The zero-order chi connectivity index (χ0) is 12.5. The predicted molar refractivity (Wildman–Crippen MR) is 73.2 cm³/mol.